The first kappa shape index (κ1) is 13.7. The Hall–Kier alpha value is -2.27. The third-order valence-electron chi connectivity index (χ3n) is 2.93. The number of fused-ring (bicyclic) bond motifs is 1. The van der Waals surface area contributed by atoms with Crippen molar-refractivity contribution in [2.45, 2.75) is 0 Å². The predicted molar refractivity (Wildman–Crippen MR) is 79.4 cm³/mol. The van der Waals surface area contributed by atoms with Crippen LogP contribution >= 0.6 is 11.6 Å². The third kappa shape index (κ3) is 3.25. The molecule has 0 aromatic heterocycles. The van der Waals surface area contributed by atoms with Crippen LogP contribution in [-0.2, 0) is 0 Å². The van der Waals surface area contributed by atoms with E-state index in [1.807, 2.05) is 12.1 Å². The monoisotopic (exact) mass is 307 g/mol. The molecule has 21 heavy (non-hydrogen) atoms. The van der Waals surface area contributed by atoms with Gasteiger partial charge in [0.25, 0.3) is 0 Å². The quantitative estimate of drug-likeness (QED) is 0.679. The minimum atomic E-state index is 0.250. The second kappa shape index (κ2) is 6.01. The van der Waals surface area contributed by atoms with Crippen LogP contribution in [-0.4, -0.2) is 20.0 Å². The lowest BCUT2D eigenvalue weighted by Gasteiger charge is -2.09. The Balaban J connectivity index is 1.49. The molecule has 6 heteroatoms. The number of halogens is 1. The number of rotatable bonds is 5. The average Bonchev–Trinajstić information content (AvgIpc) is 2.95. The van der Waals surface area contributed by atoms with Crippen LogP contribution in [0.5, 0.6) is 23.0 Å². The molecule has 1 aliphatic heterocycles. The number of nitrogen functional groups attached to an aromatic ring is 1. The zero-order valence-corrected chi connectivity index (χ0v) is 11.9. The number of anilines is 1. The zero-order chi connectivity index (χ0) is 14.7. The predicted octanol–water partition coefficient (Wildman–Crippen LogP) is 3.11. The molecule has 1 heterocycles. The number of benzene rings is 2. The highest BCUT2D eigenvalue weighted by atomic mass is 35.5. The van der Waals surface area contributed by atoms with Gasteiger partial charge >= 0.3 is 0 Å². The molecule has 5 nitrogen and oxygen atoms in total. The van der Waals surface area contributed by atoms with Crippen LogP contribution in [0.4, 0.5) is 5.69 Å². The summed E-state index contributed by atoms with van der Waals surface area (Å²) in [4.78, 5) is 0. The summed E-state index contributed by atoms with van der Waals surface area (Å²) in [6.07, 6.45) is 0. The van der Waals surface area contributed by atoms with E-state index in [0.29, 0.717) is 41.2 Å². The van der Waals surface area contributed by atoms with E-state index < -0.39 is 0 Å². The van der Waals surface area contributed by atoms with Crippen molar-refractivity contribution in [3.63, 3.8) is 0 Å². The number of hydrogen-bond donors (Lipinski definition) is 1. The lowest BCUT2D eigenvalue weighted by molar-refractivity contribution is 0.173. The van der Waals surface area contributed by atoms with E-state index in [0.717, 1.165) is 5.75 Å². The molecular weight excluding hydrogens is 294 g/mol. The van der Waals surface area contributed by atoms with Crippen LogP contribution in [0.3, 0.4) is 0 Å². The molecule has 0 saturated carbocycles. The first-order valence-electron chi connectivity index (χ1n) is 6.42. The Labute approximate surface area is 127 Å². The lowest BCUT2D eigenvalue weighted by atomic mass is 10.3. The fourth-order valence-corrected chi connectivity index (χ4v) is 2.01. The van der Waals surface area contributed by atoms with Gasteiger partial charge in [-0.25, -0.2) is 0 Å². The molecule has 0 amide bonds. The second-order valence-electron chi connectivity index (χ2n) is 4.40. The Kier molecular flexibility index (Phi) is 3.92. The van der Waals surface area contributed by atoms with Crippen molar-refractivity contribution in [2.24, 2.45) is 0 Å². The van der Waals surface area contributed by atoms with Crippen molar-refractivity contribution in [1.82, 2.24) is 0 Å². The van der Waals surface area contributed by atoms with Gasteiger partial charge < -0.3 is 24.7 Å². The third-order valence-corrected chi connectivity index (χ3v) is 3.28. The Bertz CT molecular complexity index is 648. The highest BCUT2D eigenvalue weighted by Gasteiger charge is 2.13. The second-order valence-corrected chi connectivity index (χ2v) is 4.80. The van der Waals surface area contributed by atoms with Gasteiger partial charge in [-0.3, -0.25) is 0 Å². The molecular formula is C15H14ClNO4. The molecule has 2 aromatic rings. The van der Waals surface area contributed by atoms with Gasteiger partial charge in [-0.15, -0.1) is 0 Å². The highest BCUT2D eigenvalue weighted by molar-refractivity contribution is 6.33. The summed E-state index contributed by atoms with van der Waals surface area (Å²) in [6, 6.07) is 10.6. The van der Waals surface area contributed by atoms with Crippen LogP contribution in [0.15, 0.2) is 36.4 Å². The van der Waals surface area contributed by atoms with E-state index in [4.69, 9.17) is 36.3 Å². The van der Waals surface area contributed by atoms with Gasteiger partial charge in [-0.1, -0.05) is 11.6 Å². The molecule has 3 rings (SSSR count). The van der Waals surface area contributed by atoms with E-state index in [1.165, 1.54) is 0 Å². The molecule has 2 N–H and O–H groups in total. The maximum atomic E-state index is 5.84. The van der Waals surface area contributed by atoms with Crippen LogP contribution in [0.25, 0.3) is 0 Å². The Morgan fingerprint density at radius 3 is 2.38 bits per heavy atom. The highest BCUT2D eigenvalue weighted by Crippen LogP contribution is 2.35. The summed E-state index contributed by atoms with van der Waals surface area (Å²) >= 11 is 5.84. The van der Waals surface area contributed by atoms with Crippen LogP contribution in [0.1, 0.15) is 0 Å². The van der Waals surface area contributed by atoms with Crippen LogP contribution < -0.4 is 24.7 Å². The van der Waals surface area contributed by atoms with Crippen molar-refractivity contribution >= 4 is 17.3 Å². The molecule has 0 saturated heterocycles. The number of ether oxygens (including phenoxy) is 4. The lowest BCUT2D eigenvalue weighted by Crippen LogP contribution is -2.09. The minimum Gasteiger partial charge on any atom is -0.490 e. The first-order valence-corrected chi connectivity index (χ1v) is 6.80. The summed E-state index contributed by atoms with van der Waals surface area (Å²) in [7, 11) is 0. The molecule has 0 atom stereocenters. The van der Waals surface area contributed by atoms with Gasteiger partial charge in [0.15, 0.2) is 11.5 Å². The summed E-state index contributed by atoms with van der Waals surface area (Å²) < 4.78 is 21.6. The molecule has 0 fully saturated rings. The van der Waals surface area contributed by atoms with Gasteiger partial charge in [0.05, 0.1) is 10.7 Å². The van der Waals surface area contributed by atoms with Crippen LogP contribution in [0, 0.1) is 0 Å². The van der Waals surface area contributed by atoms with E-state index in [1.54, 1.807) is 24.3 Å². The van der Waals surface area contributed by atoms with Crippen molar-refractivity contribution in [3.05, 3.63) is 41.4 Å². The smallest absolute Gasteiger partial charge is 0.231 e. The fourth-order valence-electron chi connectivity index (χ4n) is 1.90. The van der Waals surface area contributed by atoms with Crippen molar-refractivity contribution in [2.75, 3.05) is 25.7 Å². The van der Waals surface area contributed by atoms with Gasteiger partial charge in [0.1, 0.15) is 24.7 Å². The van der Waals surface area contributed by atoms with Crippen molar-refractivity contribution in [1.29, 1.82) is 0 Å². The Morgan fingerprint density at radius 1 is 0.952 bits per heavy atom. The van der Waals surface area contributed by atoms with E-state index >= 15 is 0 Å². The molecule has 1 aliphatic rings. The van der Waals surface area contributed by atoms with Gasteiger partial charge in [0.2, 0.25) is 6.79 Å². The minimum absolute atomic E-state index is 0.250. The molecule has 0 radical (unpaired) electrons. The molecule has 0 unspecified atom stereocenters. The first-order chi connectivity index (χ1) is 10.2. The SMILES string of the molecule is Nc1cc(OCCOc2ccc3c(c2)OCO3)ccc1Cl. The Morgan fingerprint density at radius 2 is 1.62 bits per heavy atom. The van der Waals surface area contributed by atoms with E-state index in [2.05, 4.69) is 0 Å². The average molecular weight is 308 g/mol. The number of nitrogens with two attached hydrogens (primary N) is 1. The maximum Gasteiger partial charge on any atom is 0.231 e. The van der Waals surface area contributed by atoms with Gasteiger partial charge in [-0.2, -0.15) is 0 Å². The van der Waals surface area contributed by atoms with E-state index in [-0.39, 0.29) is 6.79 Å². The summed E-state index contributed by atoms with van der Waals surface area (Å²) in [6.45, 7) is 1.05. The molecule has 0 aliphatic carbocycles. The number of hydrogen-bond acceptors (Lipinski definition) is 5. The maximum absolute atomic E-state index is 5.84. The summed E-state index contributed by atoms with van der Waals surface area (Å²) in [5, 5.41) is 0.513. The van der Waals surface area contributed by atoms with E-state index in [9.17, 15) is 0 Å². The molecule has 110 valence electrons. The normalized spacial score (nSPS) is 12.2. The summed E-state index contributed by atoms with van der Waals surface area (Å²) in [5.74, 6) is 2.79. The van der Waals surface area contributed by atoms with Crippen molar-refractivity contribution < 1.29 is 18.9 Å². The molecule has 0 spiro atoms. The van der Waals surface area contributed by atoms with Gasteiger partial charge in [-0.05, 0) is 24.3 Å². The topological polar surface area (TPSA) is 62.9 Å². The van der Waals surface area contributed by atoms with Crippen LogP contribution in [0.2, 0.25) is 5.02 Å². The zero-order valence-electron chi connectivity index (χ0n) is 11.2. The standard InChI is InChI=1S/C15H14ClNO4/c16-12-3-1-10(7-13(12)17)18-5-6-19-11-2-4-14-15(8-11)21-9-20-14/h1-4,7-8H,5-6,9,17H2. The van der Waals surface area contributed by atoms with Gasteiger partial charge in [0, 0.05) is 12.1 Å². The molecule has 0 bridgehead atoms. The largest absolute Gasteiger partial charge is 0.490 e. The summed E-state index contributed by atoms with van der Waals surface area (Å²) in [5.41, 5.74) is 6.19. The van der Waals surface area contributed by atoms with Crippen molar-refractivity contribution in [3.8, 4) is 23.0 Å². The fraction of sp³-hybridized carbons (Fsp3) is 0.200. The molecule has 2 aromatic carbocycles.